The number of aromatic nitrogens is 3. The topological polar surface area (TPSA) is 46.5 Å². The monoisotopic (exact) mass is 566 g/mol. The number of aryl methyl sites for hydroxylation is 4. The summed E-state index contributed by atoms with van der Waals surface area (Å²) in [6, 6.07) is 39.1. The highest BCUT2D eigenvalue weighted by atomic mass is 15.0. The van der Waals surface area contributed by atoms with E-state index in [-0.39, 0.29) is 0 Å². The lowest BCUT2D eigenvalue weighted by molar-refractivity contribution is 1.13. The van der Waals surface area contributed by atoms with Gasteiger partial charge in [0.1, 0.15) is 0 Å². The molecule has 44 heavy (non-hydrogen) atoms. The molecular formula is C40H30N4. The van der Waals surface area contributed by atoms with Gasteiger partial charge in [0.2, 0.25) is 0 Å². The summed E-state index contributed by atoms with van der Waals surface area (Å²) in [4.78, 5) is 5.04. The van der Waals surface area contributed by atoms with Crippen LogP contribution in [0.5, 0.6) is 0 Å². The highest BCUT2D eigenvalue weighted by Gasteiger charge is 2.21. The van der Waals surface area contributed by atoms with Crippen molar-refractivity contribution in [3.63, 3.8) is 0 Å². The maximum atomic E-state index is 10.0. The zero-order valence-corrected chi connectivity index (χ0v) is 25.2. The number of fused-ring (bicyclic) bond motifs is 6. The second-order valence-electron chi connectivity index (χ2n) is 12.0. The number of hydrogen-bond acceptors (Lipinski definition) is 2. The van der Waals surface area contributed by atoms with Gasteiger partial charge in [0.15, 0.2) is 0 Å². The molecule has 0 radical (unpaired) electrons. The van der Waals surface area contributed by atoms with Crippen LogP contribution in [-0.4, -0.2) is 14.1 Å². The average Bonchev–Trinajstić information content (AvgIpc) is 3.51. The minimum atomic E-state index is 0.598. The molecular weight excluding hydrogens is 536 g/mol. The van der Waals surface area contributed by atoms with Crippen LogP contribution in [0.25, 0.3) is 66.2 Å². The fourth-order valence-corrected chi connectivity index (χ4v) is 6.80. The molecule has 0 aliphatic heterocycles. The molecule has 0 N–H and O–H groups in total. The number of pyridine rings is 1. The van der Waals surface area contributed by atoms with Gasteiger partial charge in [-0.1, -0.05) is 46.5 Å². The molecule has 0 aliphatic carbocycles. The number of hydrogen-bond donors (Lipinski definition) is 0. The Morgan fingerprint density at radius 1 is 0.523 bits per heavy atom. The van der Waals surface area contributed by atoms with Crippen molar-refractivity contribution in [1.29, 1.82) is 5.26 Å². The fourth-order valence-electron chi connectivity index (χ4n) is 6.80. The van der Waals surface area contributed by atoms with E-state index < -0.39 is 0 Å². The van der Waals surface area contributed by atoms with Gasteiger partial charge < -0.3 is 9.13 Å². The Kier molecular flexibility index (Phi) is 5.73. The normalized spacial score (nSPS) is 11.6. The van der Waals surface area contributed by atoms with Crippen molar-refractivity contribution in [3.05, 3.63) is 137 Å². The highest BCUT2D eigenvalue weighted by molar-refractivity contribution is 6.11. The first-order valence-electron chi connectivity index (χ1n) is 14.9. The first kappa shape index (κ1) is 26.0. The largest absolute Gasteiger partial charge is 0.309 e. The van der Waals surface area contributed by atoms with E-state index in [1.165, 1.54) is 43.8 Å². The van der Waals surface area contributed by atoms with Crippen LogP contribution in [0.4, 0.5) is 0 Å². The lowest BCUT2D eigenvalue weighted by Crippen LogP contribution is -2.03. The number of rotatable bonds is 3. The SMILES string of the molecule is Cc1ccc2c(c1)c1cc(C)ccc1n2-c1ccc(C#N)cc1-c1ncccc1-n1c2ccc(C)cc2c2cc(C)ccc21. The summed E-state index contributed by atoms with van der Waals surface area (Å²) < 4.78 is 4.66. The standard InChI is InChI=1S/C40H30N4/c1-24-7-12-34-29(18-24)30-19-25(2)8-13-35(30)43(34)38-16-11-28(23-41)22-33(38)40-39(6-5-17-42-40)44-36-14-9-26(3)20-31(36)32-21-27(4)10-15-37(32)44/h5-22H,1-4H3. The van der Waals surface area contributed by atoms with Gasteiger partial charge in [-0.05, 0) is 107 Å². The number of benzene rings is 5. The molecule has 0 aliphatic rings. The Labute approximate surface area is 256 Å². The van der Waals surface area contributed by atoms with Gasteiger partial charge in [-0.15, -0.1) is 0 Å². The maximum Gasteiger partial charge on any atom is 0.0991 e. The Morgan fingerprint density at radius 3 is 1.43 bits per heavy atom. The van der Waals surface area contributed by atoms with Gasteiger partial charge in [0.05, 0.1) is 50.8 Å². The van der Waals surface area contributed by atoms with Crippen LogP contribution in [0.1, 0.15) is 27.8 Å². The van der Waals surface area contributed by atoms with E-state index in [0.29, 0.717) is 5.56 Å². The van der Waals surface area contributed by atoms with Gasteiger partial charge in [0, 0.05) is 33.3 Å². The minimum Gasteiger partial charge on any atom is -0.309 e. The molecule has 0 atom stereocenters. The van der Waals surface area contributed by atoms with Crippen LogP contribution in [0.2, 0.25) is 0 Å². The molecule has 0 amide bonds. The summed E-state index contributed by atoms with van der Waals surface area (Å²) in [6.45, 7) is 8.56. The van der Waals surface area contributed by atoms with E-state index in [1.807, 2.05) is 24.4 Å². The molecule has 5 aromatic carbocycles. The fraction of sp³-hybridized carbons (Fsp3) is 0.100. The van der Waals surface area contributed by atoms with Crippen molar-refractivity contribution in [3.8, 4) is 28.7 Å². The number of nitrogens with zero attached hydrogens (tertiary/aromatic N) is 4. The third-order valence-corrected chi connectivity index (χ3v) is 8.80. The van der Waals surface area contributed by atoms with E-state index >= 15 is 0 Å². The van der Waals surface area contributed by atoms with Gasteiger partial charge in [-0.2, -0.15) is 5.26 Å². The summed E-state index contributed by atoms with van der Waals surface area (Å²) in [7, 11) is 0. The molecule has 0 bridgehead atoms. The second kappa shape index (κ2) is 9.69. The van der Waals surface area contributed by atoms with Crippen molar-refractivity contribution in [2.24, 2.45) is 0 Å². The molecule has 3 heterocycles. The molecule has 0 spiro atoms. The quantitative estimate of drug-likeness (QED) is 0.214. The van der Waals surface area contributed by atoms with Crippen LogP contribution in [-0.2, 0) is 0 Å². The molecule has 3 aromatic heterocycles. The Morgan fingerprint density at radius 2 is 0.977 bits per heavy atom. The van der Waals surface area contributed by atoms with E-state index in [2.05, 4.69) is 128 Å². The van der Waals surface area contributed by atoms with Crippen molar-refractivity contribution in [1.82, 2.24) is 14.1 Å². The lowest BCUT2D eigenvalue weighted by atomic mass is 10.0. The van der Waals surface area contributed by atoms with E-state index in [0.717, 1.165) is 44.7 Å². The zero-order valence-electron chi connectivity index (χ0n) is 25.2. The smallest absolute Gasteiger partial charge is 0.0991 e. The van der Waals surface area contributed by atoms with E-state index in [4.69, 9.17) is 4.98 Å². The van der Waals surface area contributed by atoms with Gasteiger partial charge in [-0.3, -0.25) is 4.98 Å². The lowest BCUT2D eigenvalue weighted by Gasteiger charge is -2.18. The Balaban J connectivity index is 1.49. The molecule has 0 unspecified atom stereocenters. The van der Waals surface area contributed by atoms with Crippen LogP contribution in [0.3, 0.4) is 0 Å². The minimum absolute atomic E-state index is 0.598. The van der Waals surface area contributed by atoms with Gasteiger partial charge in [-0.25, -0.2) is 0 Å². The molecule has 8 rings (SSSR count). The molecule has 8 aromatic rings. The second-order valence-corrected chi connectivity index (χ2v) is 12.0. The molecule has 4 nitrogen and oxygen atoms in total. The third-order valence-electron chi connectivity index (χ3n) is 8.80. The third kappa shape index (κ3) is 3.87. The van der Waals surface area contributed by atoms with Crippen molar-refractivity contribution < 1.29 is 0 Å². The van der Waals surface area contributed by atoms with Crippen molar-refractivity contribution in [2.75, 3.05) is 0 Å². The highest BCUT2D eigenvalue weighted by Crippen LogP contribution is 2.40. The van der Waals surface area contributed by atoms with Gasteiger partial charge in [0.25, 0.3) is 0 Å². The first-order chi connectivity index (χ1) is 21.4. The van der Waals surface area contributed by atoms with Crippen molar-refractivity contribution in [2.45, 2.75) is 27.7 Å². The van der Waals surface area contributed by atoms with E-state index in [1.54, 1.807) is 0 Å². The van der Waals surface area contributed by atoms with Crippen LogP contribution < -0.4 is 0 Å². The number of nitriles is 1. The van der Waals surface area contributed by atoms with E-state index in [9.17, 15) is 5.26 Å². The Bertz CT molecular complexity index is 2380. The zero-order chi connectivity index (χ0) is 30.1. The first-order valence-corrected chi connectivity index (χ1v) is 14.9. The van der Waals surface area contributed by atoms with Crippen molar-refractivity contribution >= 4 is 43.6 Å². The molecule has 0 fully saturated rings. The predicted molar refractivity (Wildman–Crippen MR) is 182 cm³/mol. The maximum absolute atomic E-state index is 10.0. The molecule has 4 heteroatoms. The predicted octanol–water partition coefficient (Wildman–Crippen LogP) is 10.0. The van der Waals surface area contributed by atoms with Crippen LogP contribution in [0, 0.1) is 39.0 Å². The molecule has 0 saturated heterocycles. The summed E-state index contributed by atoms with van der Waals surface area (Å²) in [5.41, 5.74) is 13.7. The average molecular weight is 567 g/mol. The summed E-state index contributed by atoms with van der Waals surface area (Å²) in [5, 5.41) is 14.9. The molecule has 0 saturated carbocycles. The summed E-state index contributed by atoms with van der Waals surface area (Å²) >= 11 is 0. The Hall–Kier alpha value is -5.66. The summed E-state index contributed by atoms with van der Waals surface area (Å²) in [6.07, 6.45) is 1.85. The molecule has 210 valence electrons. The summed E-state index contributed by atoms with van der Waals surface area (Å²) in [5.74, 6) is 0. The van der Waals surface area contributed by atoms with Crippen LogP contribution >= 0.6 is 0 Å². The van der Waals surface area contributed by atoms with Crippen LogP contribution in [0.15, 0.2) is 109 Å². The van der Waals surface area contributed by atoms with Gasteiger partial charge >= 0.3 is 0 Å².